The maximum Gasteiger partial charge on any atom is 0.234 e. The maximum atomic E-state index is 13.5. The Hall–Kier alpha value is -4.77. The number of benzene rings is 2. The fourth-order valence-electron chi connectivity index (χ4n) is 5.76. The second-order valence-electron chi connectivity index (χ2n) is 10.9. The number of para-hydroxylation sites is 1. The summed E-state index contributed by atoms with van der Waals surface area (Å²) in [5.41, 5.74) is 3.54. The highest BCUT2D eigenvalue weighted by Gasteiger charge is 2.37. The number of likely N-dealkylation sites (tertiary alicyclic amines) is 1. The van der Waals surface area contributed by atoms with Gasteiger partial charge < -0.3 is 19.7 Å². The predicted octanol–water partition coefficient (Wildman–Crippen LogP) is 2.61. The summed E-state index contributed by atoms with van der Waals surface area (Å²) in [5, 5.41) is 11.9. The van der Waals surface area contributed by atoms with Crippen molar-refractivity contribution in [3.63, 3.8) is 0 Å². The van der Waals surface area contributed by atoms with Gasteiger partial charge in [0.1, 0.15) is 0 Å². The summed E-state index contributed by atoms with van der Waals surface area (Å²) in [6.07, 6.45) is 6.26. The minimum atomic E-state index is -0.256. The monoisotopic (exact) mass is 581 g/mol. The van der Waals surface area contributed by atoms with E-state index in [2.05, 4.69) is 25.5 Å². The van der Waals surface area contributed by atoms with Crippen LogP contribution in [0.25, 0.3) is 5.69 Å². The molecular weight excluding hydrogens is 546 g/mol. The Kier molecular flexibility index (Phi) is 8.60. The second kappa shape index (κ2) is 13.0. The minimum absolute atomic E-state index is 0.00368. The van der Waals surface area contributed by atoms with Gasteiger partial charge in [0.05, 0.1) is 50.3 Å². The third kappa shape index (κ3) is 6.83. The molecule has 11 heteroatoms. The Morgan fingerprint density at radius 2 is 2.00 bits per heavy atom. The topological polar surface area (TPSA) is 115 Å². The Bertz CT molecular complexity index is 1550. The molecule has 6 rings (SSSR count). The van der Waals surface area contributed by atoms with Crippen LogP contribution in [0.4, 0.5) is 0 Å². The van der Waals surface area contributed by atoms with Crippen LogP contribution in [0.5, 0.6) is 11.5 Å². The van der Waals surface area contributed by atoms with Gasteiger partial charge in [0.15, 0.2) is 11.5 Å². The number of nitrogens with one attached hydrogen (secondary N) is 1. The smallest absolute Gasteiger partial charge is 0.234 e. The van der Waals surface area contributed by atoms with Gasteiger partial charge in [-0.25, -0.2) is 4.68 Å². The van der Waals surface area contributed by atoms with Gasteiger partial charge >= 0.3 is 0 Å². The first-order chi connectivity index (χ1) is 21.1. The van der Waals surface area contributed by atoms with Crippen LogP contribution < -0.4 is 14.8 Å². The number of amides is 2. The van der Waals surface area contributed by atoms with E-state index in [4.69, 9.17) is 9.47 Å². The molecule has 1 fully saturated rings. The molecule has 0 radical (unpaired) electrons. The van der Waals surface area contributed by atoms with E-state index in [1.165, 1.54) is 0 Å². The molecule has 0 aliphatic carbocycles. The van der Waals surface area contributed by atoms with Gasteiger partial charge in [0, 0.05) is 44.5 Å². The Balaban J connectivity index is 1.21. The molecule has 2 amide bonds. The van der Waals surface area contributed by atoms with Gasteiger partial charge in [0.25, 0.3) is 0 Å². The van der Waals surface area contributed by atoms with Crippen LogP contribution in [0.3, 0.4) is 0 Å². The molecule has 0 spiro atoms. The van der Waals surface area contributed by atoms with Crippen LogP contribution in [0.1, 0.15) is 29.2 Å². The van der Waals surface area contributed by atoms with Crippen LogP contribution in [0.2, 0.25) is 0 Å². The molecule has 4 aromatic rings. The number of carbonyl (C=O) groups excluding carboxylic acids is 2. The van der Waals surface area contributed by atoms with Gasteiger partial charge in [-0.3, -0.25) is 19.5 Å². The number of nitrogens with zero attached hydrogens (tertiary/aromatic N) is 6. The lowest BCUT2D eigenvalue weighted by molar-refractivity contribution is -0.130. The molecule has 2 aliphatic heterocycles. The molecule has 2 aliphatic rings. The first-order valence-corrected chi connectivity index (χ1v) is 14.5. The number of aromatic nitrogens is 4. The van der Waals surface area contributed by atoms with Gasteiger partial charge in [-0.1, -0.05) is 35.5 Å². The molecule has 1 saturated heterocycles. The highest BCUT2D eigenvalue weighted by Crippen LogP contribution is 2.35. The molecular formula is C32H35N7O4. The molecule has 11 nitrogen and oxygen atoms in total. The van der Waals surface area contributed by atoms with Gasteiger partial charge in [0.2, 0.25) is 11.8 Å². The summed E-state index contributed by atoms with van der Waals surface area (Å²) in [4.78, 5) is 34.8. The number of fused-ring (bicyclic) bond motifs is 4. The average Bonchev–Trinajstić information content (AvgIpc) is 3.67. The third-order valence-electron chi connectivity index (χ3n) is 7.90. The number of ether oxygens (including phenoxy) is 2. The zero-order valence-corrected chi connectivity index (χ0v) is 24.1. The van der Waals surface area contributed by atoms with Crippen molar-refractivity contribution in [2.24, 2.45) is 0 Å². The first-order valence-electron chi connectivity index (χ1n) is 14.5. The lowest BCUT2D eigenvalue weighted by atomic mass is 9.94. The SMILES string of the molecule is COc1ccc2cc1OCCCN(Cc1cn(-c3ccccc3)nn1)CC(=O)N[C@H]1CN(C(=O)Cc3cccnc3)C[C@H]21. The van der Waals surface area contributed by atoms with Crippen molar-refractivity contribution in [3.05, 3.63) is 96.1 Å². The van der Waals surface area contributed by atoms with Crippen molar-refractivity contribution >= 4 is 11.8 Å². The van der Waals surface area contributed by atoms with Gasteiger partial charge in [-0.05, 0) is 47.9 Å². The standard InChI is InChI=1S/C32H35N7O4/c1-42-29-11-10-24-16-30(29)43-14-6-13-37(18-25-19-39(36-35-25)26-8-3-2-4-9-26)22-31(40)34-28-21-38(20-27(24)28)32(41)15-23-7-5-12-33-17-23/h2-5,7-12,16-17,19,27-28H,6,13-15,18,20-22H2,1H3,(H,34,40)/t27-,28+/m1/s1. The molecule has 43 heavy (non-hydrogen) atoms. The first kappa shape index (κ1) is 28.4. The van der Waals surface area contributed by atoms with Crippen molar-refractivity contribution in [3.8, 4) is 17.2 Å². The quantitative estimate of drug-likeness (QED) is 0.370. The fourth-order valence-corrected chi connectivity index (χ4v) is 5.76. The fraction of sp³-hybridized carbons (Fsp3) is 0.344. The summed E-state index contributed by atoms with van der Waals surface area (Å²) in [7, 11) is 1.62. The molecule has 2 aromatic carbocycles. The summed E-state index contributed by atoms with van der Waals surface area (Å²) < 4.78 is 13.5. The zero-order chi connectivity index (χ0) is 29.6. The third-order valence-corrected chi connectivity index (χ3v) is 7.90. The molecule has 2 aromatic heterocycles. The summed E-state index contributed by atoms with van der Waals surface area (Å²) in [5.74, 6) is 1.11. The summed E-state index contributed by atoms with van der Waals surface area (Å²) in [6.45, 7) is 2.63. The second-order valence-corrected chi connectivity index (χ2v) is 10.9. The highest BCUT2D eigenvalue weighted by molar-refractivity contribution is 5.81. The van der Waals surface area contributed by atoms with E-state index in [9.17, 15) is 9.59 Å². The summed E-state index contributed by atoms with van der Waals surface area (Å²) in [6, 6.07) is 19.1. The lowest BCUT2D eigenvalue weighted by Crippen LogP contribution is -2.45. The van der Waals surface area contributed by atoms with E-state index in [0.717, 1.165) is 22.5 Å². The normalized spacial score (nSPS) is 19.3. The van der Waals surface area contributed by atoms with Crippen molar-refractivity contribution in [1.82, 2.24) is 35.1 Å². The van der Waals surface area contributed by atoms with Crippen LogP contribution >= 0.6 is 0 Å². The Morgan fingerprint density at radius 3 is 2.81 bits per heavy atom. The van der Waals surface area contributed by atoms with Crippen molar-refractivity contribution in [1.29, 1.82) is 0 Å². The van der Waals surface area contributed by atoms with E-state index in [1.807, 2.05) is 71.8 Å². The molecule has 0 unspecified atom stereocenters. The van der Waals surface area contributed by atoms with Crippen LogP contribution in [-0.4, -0.2) is 87.5 Å². The van der Waals surface area contributed by atoms with Crippen molar-refractivity contribution < 1.29 is 19.1 Å². The van der Waals surface area contributed by atoms with Crippen LogP contribution in [-0.2, 0) is 22.6 Å². The molecule has 0 saturated carbocycles. The molecule has 1 N–H and O–H groups in total. The molecule has 222 valence electrons. The van der Waals surface area contributed by atoms with E-state index in [1.54, 1.807) is 24.2 Å². The Morgan fingerprint density at radius 1 is 1.12 bits per heavy atom. The van der Waals surface area contributed by atoms with E-state index in [0.29, 0.717) is 50.7 Å². The number of hydrogen-bond acceptors (Lipinski definition) is 8. The number of methoxy groups -OCH3 is 1. The lowest BCUT2D eigenvalue weighted by Gasteiger charge is -2.23. The van der Waals surface area contributed by atoms with E-state index < -0.39 is 0 Å². The number of rotatable bonds is 6. The van der Waals surface area contributed by atoms with Crippen molar-refractivity contribution in [2.75, 3.05) is 39.9 Å². The molecule has 4 heterocycles. The van der Waals surface area contributed by atoms with Crippen LogP contribution in [0.15, 0.2) is 79.3 Å². The van der Waals surface area contributed by atoms with Gasteiger partial charge in [-0.2, -0.15) is 0 Å². The molecule has 2 atom stereocenters. The minimum Gasteiger partial charge on any atom is -0.493 e. The zero-order valence-electron chi connectivity index (χ0n) is 24.1. The maximum absolute atomic E-state index is 13.5. The predicted molar refractivity (Wildman–Crippen MR) is 159 cm³/mol. The summed E-state index contributed by atoms with van der Waals surface area (Å²) >= 11 is 0. The Labute approximate surface area is 250 Å². The van der Waals surface area contributed by atoms with Gasteiger partial charge in [-0.15, -0.1) is 5.10 Å². The highest BCUT2D eigenvalue weighted by atomic mass is 16.5. The number of carbonyl (C=O) groups is 2. The van der Waals surface area contributed by atoms with Crippen molar-refractivity contribution in [2.45, 2.75) is 31.3 Å². The molecule has 2 bridgehead atoms. The number of hydrogen-bond donors (Lipinski definition) is 1. The van der Waals surface area contributed by atoms with Crippen LogP contribution in [0, 0.1) is 0 Å². The largest absolute Gasteiger partial charge is 0.493 e. The van der Waals surface area contributed by atoms with E-state index in [-0.39, 0.29) is 36.7 Å². The average molecular weight is 582 g/mol. The number of pyridine rings is 1. The van der Waals surface area contributed by atoms with E-state index >= 15 is 0 Å².